The first-order valence-corrected chi connectivity index (χ1v) is 8.46. The zero-order chi connectivity index (χ0) is 15.4. The lowest BCUT2D eigenvalue weighted by Gasteiger charge is -2.27. The zero-order valence-electron chi connectivity index (χ0n) is 13.0. The van der Waals surface area contributed by atoms with Crippen LogP contribution in [0.3, 0.4) is 0 Å². The van der Waals surface area contributed by atoms with E-state index in [1.54, 1.807) is 0 Å². The van der Waals surface area contributed by atoms with Crippen molar-refractivity contribution >= 4 is 5.91 Å². The topological polar surface area (TPSA) is 64.4 Å². The van der Waals surface area contributed by atoms with Gasteiger partial charge < -0.3 is 15.8 Å². The molecule has 4 atom stereocenters. The summed E-state index contributed by atoms with van der Waals surface area (Å²) in [4.78, 5) is 12.7. The number of hydrogen-bond acceptors (Lipinski definition) is 3. The van der Waals surface area contributed by atoms with Crippen LogP contribution in [0.1, 0.15) is 43.7 Å². The molecular weight excluding hydrogens is 276 g/mol. The summed E-state index contributed by atoms with van der Waals surface area (Å²) >= 11 is 0. The van der Waals surface area contributed by atoms with E-state index in [1.165, 1.54) is 0 Å². The molecule has 3 N–H and O–H groups in total. The molecule has 4 heteroatoms. The number of carbonyl (C=O) groups excluding carboxylic acids is 1. The third-order valence-corrected chi connectivity index (χ3v) is 5.09. The first-order valence-electron chi connectivity index (χ1n) is 8.46. The lowest BCUT2D eigenvalue weighted by Crippen LogP contribution is -2.41. The maximum atomic E-state index is 12.7. The molecule has 2 aliphatic rings. The van der Waals surface area contributed by atoms with Crippen LogP contribution in [-0.2, 0) is 9.53 Å². The summed E-state index contributed by atoms with van der Waals surface area (Å²) in [7, 11) is 0. The third kappa shape index (κ3) is 3.33. The number of nitrogens with two attached hydrogens (primary N) is 1. The highest BCUT2D eigenvalue weighted by molar-refractivity contribution is 5.79. The molecule has 1 aliphatic heterocycles. The number of amides is 1. The van der Waals surface area contributed by atoms with Crippen LogP contribution >= 0.6 is 0 Å². The predicted molar refractivity (Wildman–Crippen MR) is 86.2 cm³/mol. The van der Waals surface area contributed by atoms with Gasteiger partial charge in [-0.15, -0.1) is 0 Å². The highest BCUT2D eigenvalue weighted by Gasteiger charge is 2.35. The van der Waals surface area contributed by atoms with E-state index in [4.69, 9.17) is 10.5 Å². The summed E-state index contributed by atoms with van der Waals surface area (Å²) in [5.74, 6) is 0.552. The van der Waals surface area contributed by atoms with Crippen molar-refractivity contribution in [3.8, 4) is 0 Å². The van der Waals surface area contributed by atoms with Crippen molar-refractivity contribution in [1.82, 2.24) is 5.32 Å². The Hall–Kier alpha value is -1.39. The molecular formula is C18H26N2O2. The van der Waals surface area contributed by atoms with Gasteiger partial charge in [0.1, 0.15) is 0 Å². The highest BCUT2D eigenvalue weighted by atomic mass is 16.5. The number of benzene rings is 1. The van der Waals surface area contributed by atoms with E-state index >= 15 is 0 Å². The first-order chi connectivity index (χ1) is 10.8. The highest BCUT2D eigenvalue weighted by Crippen LogP contribution is 2.33. The Kier molecular flexibility index (Phi) is 5.11. The van der Waals surface area contributed by atoms with Crippen molar-refractivity contribution in [3.63, 3.8) is 0 Å². The van der Waals surface area contributed by atoms with Crippen LogP contribution < -0.4 is 11.1 Å². The second-order valence-electron chi connectivity index (χ2n) is 6.48. The molecule has 1 aromatic carbocycles. The van der Waals surface area contributed by atoms with Gasteiger partial charge in [0.15, 0.2) is 0 Å². The summed E-state index contributed by atoms with van der Waals surface area (Å²) in [6.45, 7) is 1.40. The van der Waals surface area contributed by atoms with E-state index in [0.29, 0.717) is 12.5 Å². The molecule has 0 aromatic heterocycles. The van der Waals surface area contributed by atoms with Crippen molar-refractivity contribution < 1.29 is 9.53 Å². The average Bonchev–Trinajstić information content (AvgIpc) is 3.24. The van der Waals surface area contributed by atoms with E-state index in [-0.39, 0.29) is 24.0 Å². The second-order valence-corrected chi connectivity index (χ2v) is 6.48. The van der Waals surface area contributed by atoms with Gasteiger partial charge in [-0.3, -0.25) is 4.79 Å². The molecule has 1 saturated carbocycles. The van der Waals surface area contributed by atoms with Crippen molar-refractivity contribution in [1.29, 1.82) is 0 Å². The fraction of sp³-hybridized carbons (Fsp3) is 0.611. The number of rotatable bonds is 5. The molecule has 1 aliphatic carbocycles. The fourth-order valence-electron chi connectivity index (χ4n) is 3.84. The van der Waals surface area contributed by atoms with Gasteiger partial charge in [0, 0.05) is 12.5 Å². The van der Waals surface area contributed by atoms with Crippen LogP contribution in [0.2, 0.25) is 0 Å². The standard InChI is InChI=1S/C18H26N2O2/c19-12-14-8-4-9-15(14)18(21)20-17(16-10-5-11-22-16)13-6-2-1-3-7-13/h1-3,6-7,14-17H,4-5,8-12,19H2,(H,20,21)/t14-,15-,16?,17?/m1/s1. The fourth-order valence-corrected chi connectivity index (χ4v) is 3.84. The van der Waals surface area contributed by atoms with E-state index in [1.807, 2.05) is 18.2 Å². The Morgan fingerprint density at radius 1 is 1.23 bits per heavy atom. The summed E-state index contributed by atoms with van der Waals surface area (Å²) in [6.07, 6.45) is 5.30. The van der Waals surface area contributed by atoms with Crippen molar-refractivity contribution in [2.75, 3.05) is 13.2 Å². The van der Waals surface area contributed by atoms with Gasteiger partial charge in [-0.1, -0.05) is 36.8 Å². The Bertz CT molecular complexity index is 485. The molecule has 0 spiro atoms. The Morgan fingerprint density at radius 2 is 2.05 bits per heavy atom. The molecule has 1 aromatic rings. The Labute approximate surface area is 132 Å². The number of nitrogens with one attached hydrogen (secondary N) is 1. The van der Waals surface area contributed by atoms with Crippen LogP contribution in [0.4, 0.5) is 0 Å². The van der Waals surface area contributed by atoms with Gasteiger partial charge in [-0.2, -0.15) is 0 Å². The van der Waals surface area contributed by atoms with Crippen molar-refractivity contribution in [3.05, 3.63) is 35.9 Å². The predicted octanol–water partition coefficient (Wildman–Crippen LogP) is 2.40. The molecule has 1 saturated heterocycles. The summed E-state index contributed by atoms with van der Waals surface area (Å²) < 4.78 is 5.85. The minimum Gasteiger partial charge on any atom is -0.376 e. The Morgan fingerprint density at radius 3 is 2.73 bits per heavy atom. The first kappa shape index (κ1) is 15.5. The van der Waals surface area contributed by atoms with Gasteiger partial charge in [-0.05, 0) is 43.7 Å². The number of carbonyl (C=O) groups is 1. The lowest BCUT2D eigenvalue weighted by atomic mass is 9.93. The molecule has 4 nitrogen and oxygen atoms in total. The normalized spacial score (nSPS) is 29.4. The summed E-state index contributed by atoms with van der Waals surface area (Å²) in [5.41, 5.74) is 6.95. The van der Waals surface area contributed by atoms with Crippen LogP contribution in [0, 0.1) is 11.8 Å². The minimum absolute atomic E-state index is 0.0461. The molecule has 1 amide bonds. The van der Waals surface area contributed by atoms with E-state index in [9.17, 15) is 4.79 Å². The SMILES string of the molecule is NC[C@H]1CCC[C@H]1C(=O)NC(c1ccccc1)C1CCCO1. The lowest BCUT2D eigenvalue weighted by molar-refractivity contribution is -0.127. The molecule has 2 fully saturated rings. The van der Waals surface area contributed by atoms with Gasteiger partial charge >= 0.3 is 0 Å². The van der Waals surface area contributed by atoms with E-state index in [0.717, 1.165) is 44.3 Å². The minimum atomic E-state index is -0.0461. The smallest absolute Gasteiger partial charge is 0.224 e. The largest absolute Gasteiger partial charge is 0.376 e. The zero-order valence-corrected chi connectivity index (χ0v) is 13.0. The summed E-state index contributed by atoms with van der Waals surface area (Å²) in [6, 6.07) is 10.1. The maximum absolute atomic E-state index is 12.7. The van der Waals surface area contributed by atoms with E-state index < -0.39 is 0 Å². The van der Waals surface area contributed by atoms with Crippen LogP contribution in [0.25, 0.3) is 0 Å². The molecule has 2 unspecified atom stereocenters. The van der Waals surface area contributed by atoms with Crippen molar-refractivity contribution in [2.24, 2.45) is 17.6 Å². The summed E-state index contributed by atoms with van der Waals surface area (Å²) in [5, 5.41) is 3.26. The van der Waals surface area contributed by atoms with Gasteiger partial charge in [0.05, 0.1) is 12.1 Å². The molecule has 0 bridgehead atoms. The maximum Gasteiger partial charge on any atom is 0.224 e. The van der Waals surface area contributed by atoms with Crippen LogP contribution in [-0.4, -0.2) is 25.2 Å². The molecule has 0 radical (unpaired) electrons. The second kappa shape index (κ2) is 7.25. The van der Waals surface area contributed by atoms with Crippen LogP contribution in [0.5, 0.6) is 0 Å². The molecule has 120 valence electrons. The molecule has 22 heavy (non-hydrogen) atoms. The molecule has 3 rings (SSSR count). The van der Waals surface area contributed by atoms with Gasteiger partial charge in [0.25, 0.3) is 0 Å². The van der Waals surface area contributed by atoms with E-state index in [2.05, 4.69) is 17.4 Å². The van der Waals surface area contributed by atoms with Crippen molar-refractivity contribution in [2.45, 2.75) is 44.2 Å². The van der Waals surface area contributed by atoms with Gasteiger partial charge in [0.2, 0.25) is 5.91 Å². The monoisotopic (exact) mass is 302 g/mol. The average molecular weight is 302 g/mol. The molecule has 1 heterocycles. The third-order valence-electron chi connectivity index (χ3n) is 5.09. The number of ether oxygens (including phenoxy) is 1. The Balaban J connectivity index is 1.73. The quantitative estimate of drug-likeness (QED) is 0.878. The van der Waals surface area contributed by atoms with Crippen LogP contribution in [0.15, 0.2) is 30.3 Å². The van der Waals surface area contributed by atoms with Gasteiger partial charge in [-0.25, -0.2) is 0 Å². The number of hydrogen-bond donors (Lipinski definition) is 2.